The summed E-state index contributed by atoms with van der Waals surface area (Å²) in [5, 5.41) is 3.25. The van der Waals surface area contributed by atoms with Gasteiger partial charge in [-0.05, 0) is 87.2 Å². The van der Waals surface area contributed by atoms with Crippen LogP contribution in [0, 0.1) is 23.2 Å². The second-order valence-electron chi connectivity index (χ2n) is 9.03. The second-order valence-corrected chi connectivity index (χ2v) is 9.03. The molecule has 148 valence electrons. The Morgan fingerprint density at radius 3 is 2.22 bits per heavy atom. The van der Waals surface area contributed by atoms with Crippen molar-refractivity contribution in [3.8, 4) is 11.5 Å². The fraction of sp³-hybridized carbons (Fsp3) is 0.696. The molecule has 1 aromatic rings. The van der Waals surface area contributed by atoms with Gasteiger partial charge in [0.25, 0.3) is 0 Å². The van der Waals surface area contributed by atoms with Gasteiger partial charge < -0.3 is 14.8 Å². The Labute approximate surface area is 163 Å². The summed E-state index contributed by atoms with van der Waals surface area (Å²) in [6, 6.07) is 7.71. The summed E-state index contributed by atoms with van der Waals surface area (Å²) < 4.78 is 11.4. The molecule has 0 radical (unpaired) electrons. The maximum Gasteiger partial charge on any atom is 0.220 e. The molecule has 4 saturated carbocycles. The van der Waals surface area contributed by atoms with Crippen molar-refractivity contribution in [2.24, 2.45) is 23.2 Å². The summed E-state index contributed by atoms with van der Waals surface area (Å²) in [7, 11) is 0. The lowest BCUT2D eigenvalue weighted by Gasteiger charge is -2.56. The minimum absolute atomic E-state index is 0.174. The lowest BCUT2D eigenvalue weighted by atomic mass is 9.49. The number of benzene rings is 1. The van der Waals surface area contributed by atoms with Gasteiger partial charge in [0.05, 0.1) is 13.2 Å². The highest BCUT2D eigenvalue weighted by molar-refractivity contribution is 5.75. The number of ether oxygens (including phenoxy) is 2. The first-order chi connectivity index (χ1) is 13.2. The average Bonchev–Trinajstić information content (AvgIpc) is 2.64. The third-order valence-corrected chi connectivity index (χ3v) is 6.78. The van der Waals surface area contributed by atoms with Gasteiger partial charge in [-0.3, -0.25) is 4.79 Å². The van der Waals surface area contributed by atoms with E-state index >= 15 is 0 Å². The van der Waals surface area contributed by atoms with Crippen LogP contribution >= 0.6 is 0 Å². The topological polar surface area (TPSA) is 47.6 Å². The Kier molecular flexibility index (Phi) is 5.60. The van der Waals surface area contributed by atoms with E-state index in [0.29, 0.717) is 25.0 Å². The minimum atomic E-state index is 0.174. The third-order valence-electron chi connectivity index (χ3n) is 6.78. The van der Waals surface area contributed by atoms with Crippen molar-refractivity contribution in [1.82, 2.24) is 5.32 Å². The average molecular weight is 372 g/mol. The van der Waals surface area contributed by atoms with E-state index in [4.69, 9.17) is 9.47 Å². The summed E-state index contributed by atoms with van der Waals surface area (Å²) >= 11 is 0. The molecule has 1 aromatic carbocycles. The first-order valence-electron chi connectivity index (χ1n) is 10.8. The van der Waals surface area contributed by atoms with Crippen LogP contribution in [0.4, 0.5) is 0 Å². The summed E-state index contributed by atoms with van der Waals surface area (Å²) in [4.78, 5) is 12.3. The van der Waals surface area contributed by atoms with Crippen LogP contribution in [0.2, 0.25) is 0 Å². The quantitative estimate of drug-likeness (QED) is 0.647. The molecule has 4 heteroatoms. The number of carbonyl (C=O) groups excluding carboxylic acids is 1. The van der Waals surface area contributed by atoms with Gasteiger partial charge in [0.2, 0.25) is 5.91 Å². The van der Waals surface area contributed by atoms with Crippen molar-refractivity contribution in [3.63, 3.8) is 0 Å². The number of amides is 1. The van der Waals surface area contributed by atoms with E-state index in [2.05, 4.69) is 5.32 Å². The van der Waals surface area contributed by atoms with Gasteiger partial charge in [0, 0.05) is 13.0 Å². The molecule has 0 atom stereocenters. The Hall–Kier alpha value is -1.71. The van der Waals surface area contributed by atoms with Gasteiger partial charge in [-0.1, -0.05) is 12.1 Å². The molecule has 27 heavy (non-hydrogen) atoms. The van der Waals surface area contributed by atoms with Crippen LogP contribution in [0.3, 0.4) is 0 Å². The molecular weight excluding hydrogens is 338 g/mol. The molecule has 0 heterocycles. The SMILES string of the molecule is CCOc1ccccc1OCCCC(=O)NCC12CC3CC(CC(C3)C1)C2. The summed E-state index contributed by atoms with van der Waals surface area (Å²) in [6.07, 6.45) is 9.65. The molecule has 4 bridgehead atoms. The van der Waals surface area contributed by atoms with Crippen LogP contribution in [0.25, 0.3) is 0 Å². The van der Waals surface area contributed by atoms with Crippen molar-refractivity contribution in [3.05, 3.63) is 24.3 Å². The number of para-hydroxylation sites is 2. The largest absolute Gasteiger partial charge is 0.490 e. The summed E-state index contributed by atoms with van der Waals surface area (Å²) in [6.45, 7) is 4.01. The second kappa shape index (κ2) is 8.12. The van der Waals surface area contributed by atoms with Gasteiger partial charge >= 0.3 is 0 Å². The normalized spacial score (nSPS) is 30.9. The molecule has 0 saturated heterocycles. The summed E-state index contributed by atoms with van der Waals surface area (Å²) in [5.74, 6) is 4.51. The number of hydrogen-bond donors (Lipinski definition) is 1. The van der Waals surface area contributed by atoms with Crippen molar-refractivity contribution < 1.29 is 14.3 Å². The Morgan fingerprint density at radius 1 is 1.04 bits per heavy atom. The monoisotopic (exact) mass is 371 g/mol. The van der Waals surface area contributed by atoms with Gasteiger partial charge in [0.1, 0.15) is 0 Å². The molecule has 1 N–H and O–H groups in total. The third kappa shape index (κ3) is 4.41. The molecular formula is C23H33NO3. The highest BCUT2D eigenvalue weighted by Gasteiger charge is 2.50. The number of nitrogens with one attached hydrogen (secondary N) is 1. The standard InChI is InChI=1S/C23H33NO3/c1-2-26-20-6-3-4-7-21(20)27-9-5-8-22(25)24-16-23-13-17-10-18(14-23)12-19(11-17)15-23/h3-4,6-7,17-19H,2,5,8-16H2,1H3,(H,24,25). The van der Waals surface area contributed by atoms with E-state index in [1.165, 1.54) is 38.5 Å². The molecule has 1 amide bonds. The zero-order valence-electron chi connectivity index (χ0n) is 16.5. The van der Waals surface area contributed by atoms with Gasteiger partial charge in [-0.25, -0.2) is 0 Å². The van der Waals surface area contributed by atoms with E-state index < -0.39 is 0 Å². The smallest absolute Gasteiger partial charge is 0.220 e. The maximum absolute atomic E-state index is 12.3. The lowest BCUT2D eigenvalue weighted by Crippen LogP contribution is -2.51. The maximum atomic E-state index is 12.3. The van der Waals surface area contributed by atoms with E-state index in [1.54, 1.807) is 0 Å². The van der Waals surface area contributed by atoms with Gasteiger partial charge in [-0.2, -0.15) is 0 Å². The Morgan fingerprint density at radius 2 is 1.63 bits per heavy atom. The molecule has 0 aromatic heterocycles. The van der Waals surface area contributed by atoms with Crippen LogP contribution in [0.5, 0.6) is 11.5 Å². The molecule has 4 nitrogen and oxygen atoms in total. The molecule has 5 rings (SSSR count). The van der Waals surface area contributed by atoms with Crippen LogP contribution < -0.4 is 14.8 Å². The van der Waals surface area contributed by atoms with Crippen LogP contribution in [0.15, 0.2) is 24.3 Å². The number of carbonyl (C=O) groups is 1. The predicted octanol–water partition coefficient (Wildman–Crippen LogP) is 4.58. The molecule has 4 aliphatic carbocycles. The molecule has 4 aliphatic rings. The first-order valence-corrected chi connectivity index (χ1v) is 10.8. The fourth-order valence-corrected chi connectivity index (χ4v) is 6.14. The van der Waals surface area contributed by atoms with Crippen LogP contribution in [0.1, 0.15) is 58.3 Å². The van der Waals surface area contributed by atoms with E-state index in [0.717, 1.165) is 42.2 Å². The number of rotatable bonds is 9. The van der Waals surface area contributed by atoms with Gasteiger partial charge in [-0.15, -0.1) is 0 Å². The lowest BCUT2D eigenvalue weighted by molar-refractivity contribution is -0.123. The van der Waals surface area contributed by atoms with E-state index in [-0.39, 0.29) is 5.91 Å². The molecule has 0 unspecified atom stereocenters. The fourth-order valence-electron chi connectivity index (χ4n) is 6.14. The Bertz CT molecular complexity index is 621. The zero-order valence-corrected chi connectivity index (χ0v) is 16.5. The van der Waals surface area contributed by atoms with Crippen molar-refractivity contribution in [2.45, 2.75) is 58.3 Å². The highest BCUT2D eigenvalue weighted by Crippen LogP contribution is 2.59. The molecule has 4 fully saturated rings. The van der Waals surface area contributed by atoms with Crippen molar-refractivity contribution >= 4 is 5.91 Å². The predicted molar refractivity (Wildman–Crippen MR) is 106 cm³/mol. The van der Waals surface area contributed by atoms with E-state index in [9.17, 15) is 4.79 Å². The van der Waals surface area contributed by atoms with Crippen LogP contribution in [-0.4, -0.2) is 25.7 Å². The van der Waals surface area contributed by atoms with Crippen molar-refractivity contribution in [1.29, 1.82) is 0 Å². The highest BCUT2D eigenvalue weighted by atomic mass is 16.5. The molecule has 0 spiro atoms. The molecule has 0 aliphatic heterocycles. The Balaban J connectivity index is 1.18. The summed E-state index contributed by atoms with van der Waals surface area (Å²) in [5.41, 5.74) is 0.414. The van der Waals surface area contributed by atoms with Crippen LogP contribution in [-0.2, 0) is 4.79 Å². The van der Waals surface area contributed by atoms with Gasteiger partial charge in [0.15, 0.2) is 11.5 Å². The minimum Gasteiger partial charge on any atom is -0.490 e. The van der Waals surface area contributed by atoms with E-state index in [1.807, 2.05) is 31.2 Å². The van der Waals surface area contributed by atoms with Crippen molar-refractivity contribution in [2.75, 3.05) is 19.8 Å². The first kappa shape index (κ1) is 18.6. The number of hydrogen-bond acceptors (Lipinski definition) is 3. The zero-order chi connectivity index (χ0) is 18.7.